The van der Waals surface area contributed by atoms with E-state index in [0.29, 0.717) is 5.69 Å². The highest BCUT2D eigenvalue weighted by Crippen LogP contribution is 2.03. The molecule has 0 aliphatic carbocycles. The molecule has 0 bridgehead atoms. The Morgan fingerprint density at radius 1 is 0.952 bits per heavy atom. The Labute approximate surface area is 117 Å². The first-order valence-corrected chi connectivity index (χ1v) is 6.13. The Morgan fingerprint density at radius 2 is 1.62 bits per heavy atom. The molecule has 0 saturated carbocycles. The molecular weight excluding hydrogens is 274 g/mol. The molecule has 0 aliphatic rings. The second-order valence-electron chi connectivity index (χ2n) is 4.52. The Balaban J connectivity index is 2.48. The molecule has 21 heavy (non-hydrogen) atoms. The molecule has 0 unspecified atom stereocenters. The minimum absolute atomic E-state index is 0.0275. The molecule has 0 aliphatic heterocycles. The molecule has 2 aromatic heterocycles. The summed E-state index contributed by atoms with van der Waals surface area (Å²) in [5.74, 6) is 0. The number of aryl methyl sites for hydroxylation is 1. The first kappa shape index (κ1) is 13.0. The number of aromatic nitrogens is 5. The number of hydrogen-bond donors (Lipinski definition) is 0. The minimum atomic E-state index is -0.656. The van der Waals surface area contributed by atoms with Crippen LogP contribution in [0.2, 0.25) is 0 Å². The molecule has 0 spiro atoms. The van der Waals surface area contributed by atoms with E-state index < -0.39 is 16.9 Å². The Kier molecular flexibility index (Phi) is 2.79. The van der Waals surface area contributed by atoms with Crippen LogP contribution < -0.4 is 16.9 Å². The zero-order valence-electron chi connectivity index (χ0n) is 11.3. The lowest BCUT2D eigenvalue weighted by molar-refractivity contribution is 0.683. The summed E-state index contributed by atoms with van der Waals surface area (Å²) in [7, 11) is 2.79. The Bertz CT molecular complexity index is 1010. The number of benzene rings is 1. The van der Waals surface area contributed by atoms with Crippen molar-refractivity contribution in [1.82, 2.24) is 23.9 Å². The van der Waals surface area contributed by atoms with E-state index in [1.54, 1.807) is 30.3 Å². The molecular formula is C13H11N5O3. The van der Waals surface area contributed by atoms with E-state index in [9.17, 15) is 14.4 Å². The van der Waals surface area contributed by atoms with Crippen LogP contribution in [0.1, 0.15) is 0 Å². The highest BCUT2D eigenvalue weighted by molar-refractivity contribution is 5.67. The summed E-state index contributed by atoms with van der Waals surface area (Å²) < 4.78 is 3.09. The van der Waals surface area contributed by atoms with Crippen molar-refractivity contribution in [2.24, 2.45) is 14.1 Å². The summed E-state index contributed by atoms with van der Waals surface area (Å²) in [4.78, 5) is 39.8. The summed E-state index contributed by atoms with van der Waals surface area (Å²) >= 11 is 0. The van der Waals surface area contributed by atoms with Gasteiger partial charge in [0, 0.05) is 14.1 Å². The molecule has 0 saturated heterocycles. The van der Waals surface area contributed by atoms with Crippen molar-refractivity contribution < 1.29 is 0 Å². The normalized spacial score (nSPS) is 11.0. The van der Waals surface area contributed by atoms with Gasteiger partial charge in [0.25, 0.3) is 5.56 Å². The van der Waals surface area contributed by atoms with E-state index in [4.69, 9.17) is 0 Å². The van der Waals surface area contributed by atoms with Gasteiger partial charge in [0.1, 0.15) is 0 Å². The first-order chi connectivity index (χ1) is 10.0. The third-order valence-corrected chi connectivity index (χ3v) is 3.19. The maximum Gasteiger partial charge on any atom is 0.370 e. The van der Waals surface area contributed by atoms with Crippen molar-refractivity contribution in [1.29, 1.82) is 0 Å². The summed E-state index contributed by atoms with van der Waals surface area (Å²) in [5.41, 5.74) is -1.38. The van der Waals surface area contributed by atoms with Crippen LogP contribution in [0.15, 0.2) is 44.7 Å². The van der Waals surface area contributed by atoms with Crippen molar-refractivity contribution in [3.8, 4) is 5.69 Å². The molecule has 3 rings (SSSR count). The first-order valence-electron chi connectivity index (χ1n) is 6.13. The zero-order chi connectivity index (χ0) is 15.1. The van der Waals surface area contributed by atoms with Crippen molar-refractivity contribution in [3.63, 3.8) is 0 Å². The van der Waals surface area contributed by atoms with Gasteiger partial charge in [-0.3, -0.25) is 13.9 Å². The number of rotatable bonds is 1. The maximum atomic E-state index is 12.1. The molecule has 1 aromatic carbocycles. The van der Waals surface area contributed by atoms with Gasteiger partial charge in [-0.2, -0.15) is 14.8 Å². The third-order valence-electron chi connectivity index (χ3n) is 3.19. The van der Waals surface area contributed by atoms with Crippen LogP contribution in [0, 0.1) is 0 Å². The van der Waals surface area contributed by atoms with E-state index in [-0.39, 0.29) is 11.2 Å². The van der Waals surface area contributed by atoms with Gasteiger partial charge < -0.3 is 0 Å². The molecule has 2 heterocycles. The predicted molar refractivity (Wildman–Crippen MR) is 75.6 cm³/mol. The molecule has 8 heteroatoms. The van der Waals surface area contributed by atoms with E-state index in [0.717, 1.165) is 13.8 Å². The van der Waals surface area contributed by atoms with Gasteiger partial charge in [-0.1, -0.05) is 18.2 Å². The molecule has 0 atom stereocenters. The summed E-state index contributed by atoms with van der Waals surface area (Å²) in [6.45, 7) is 0. The fraction of sp³-hybridized carbons (Fsp3) is 0.154. The SMILES string of the molecule is Cn1c(=O)c2nn(-c3ccccc3)c(=O)nc2n(C)c1=O. The van der Waals surface area contributed by atoms with Crippen molar-refractivity contribution in [2.75, 3.05) is 0 Å². The van der Waals surface area contributed by atoms with Gasteiger partial charge in [0.15, 0.2) is 11.2 Å². The Hall–Kier alpha value is -3.03. The molecule has 0 amide bonds. The van der Waals surface area contributed by atoms with Crippen molar-refractivity contribution >= 4 is 11.2 Å². The van der Waals surface area contributed by atoms with Gasteiger partial charge >= 0.3 is 11.4 Å². The average Bonchev–Trinajstić information content (AvgIpc) is 2.51. The molecule has 106 valence electrons. The topological polar surface area (TPSA) is 91.8 Å². The van der Waals surface area contributed by atoms with Crippen LogP contribution in [-0.4, -0.2) is 23.9 Å². The fourth-order valence-corrected chi connectivity index (χ4v) is 2.05. The molecule has 8 nitrogen and oxygen atoms in total. The highest BCUT2D eigenvalue weighted by atomic mass is 16.2. The quantitative estimate of drug-likeness (QED) is 0.582. The number of para-hydroxylation sites is 1. The molecule has 0 N–H and O–H groups in total. The van der Waals surface area contributed by atoms with Gasteiger partial charge in [0.05, 0.1) is 5.69 Å². The van der Waals surface area contributed by atoms with Crippen molar-refractivity contribution in [3.05, 3.63) is 61.7 Å². The second kappa shape index (κ2) is 4.51. The van der Waals surface area contributed by atoms with Crippen LogP contribution in [0.3, 0.4) is 0 Å². The number of fused-ring (bicyclic) bond motifs is 1. The minimum Gasteiger partial charge on any atom is -0.279 e. The van der Waals surface area contributed by atoms with Crippen molar-refractivity contribution in [2.45, 2.75) is 0 Å². The smallest absolute Gasteiger partial charge is 0.279 e. The van der Waals surface area contributed by atoms with Crippen LogP contribution in [0.5, 0.6) is 0 Å². The van der Waals surface area contributed by atoms with Gasteiger partial charge in [-0.15, -0.1) is 0 Å². The molecule has 0 radical (unpaired) electrons. The van der Waals surface area contributed by atoms with E-state index in [1.165, 1.54) is 14.1 Å². The van der Waals surface area contributed by atoms with E-state index in [2.05, 4.69) is 10.1 Å². The lowest BCUT2D eigenvalue weighted by Gasteiger charge is -2.08. The van der Waals surface area contributed by atoms with Gasteiger partial charge in [0.2, 0.25) is 0 Å². The van der Waals surface area contributed by atoms with Crippen LogP contribution >= 0.6 is 0 Å². The van der Waals surface area contributed by atoms with E-state index in [1.807, 2.05) is 0 Å². The molecule has 3 aromatic rings. The highest BCUT2D eigenvalue weighted by Gasteiger charge is 2.14. The van der Waals surface area contributed by atoms with E-state index >= 15 is 0 Å². The second-order valence-corrected chi connectivity index (χ2v) is 4.52. The largest absolute Gasteiger partial charge is 0.370 e. The zero-order valence-corrected chi connectivity index (χ0v) is 11.3. The van der Waals surface area contributed by atoms with Crippen LogP contribution in [-0.2, 0) is 14.1 Å². The summed E-state index contributed by atoms with van der Waals surface area (Å²) in [5, 5.41) is 4.06. The Morgan fingerprint density at radius 3 is 2.29 bits per heavy atom. The monoisotopic (exact) mass is 285 g/mol. The lowest BCUT2D eigenvalue weighted by atomic mass is 10.3. The third kappa shape index (κ3) is 1.88. The fourth-order valence-electron chi connectivity index (χ4n) is 2.05. The average molecular weight is 285 g/mol. The summed E-state index contributed by atoms with van der Waals surface area (Å²) in [6, 6.07) is 8.63. The molecule has 0 fully saturated rings. The van der Waals surface area contributed by atoms with Gasteiger partial charge in [-0.05, 0) is 12.1 Å². The summed E-state index contributed by atoms with van der Waals surface area (Å²) in [6.07, 6.45) is 0. The lowest BCUT2D eigenvalue weighted by Crippen LogP contribution is -2.40. The van der Waals surface area contributed by atoms with Gasteiger partial charge in [-0.25, -0.2) is 9.59 Å². The predicted octanol–water partition coefficient (Wildman–Crippen LogP) is -0.822. The van der Waals surface area contributed by atoms with Crippen LogP contribution in [0.4, 0.5) is 0 Å². The standard InChI is InChI=1S/C13H11N5O3/c1-16-10-9(11(19)17(2)13(16)21)15-18(12(20)14-10)8-6-4-3-5-7-8/h3-7H,1-2H3. The number of nitrogens with zero attached hydrogens (tertiary/aromatic N) is 5. The van der Waals surface area contributed by atoms with Crippen LogP contribution in [0.25, 0.3) is 16.9 Å². The number of hydrogen-bond acceptors (Lipinski definition) is 5. The maximum absolute atomic E-state index is 12.1.